The fourth-order valence-electron chi connectivity index (χ4n) is 3.11. The molecule has 1 N–H and O–H groups in total. The molecular formula is C16H24O. The van der Waals surface area contributed by atoms with E-state index in [4.69, 9.17) is 0 Å². The number of rotatable bonds is 4. The molecule has 3 atom stereocenters. The van der Waals surface area contributed by atoms with Gasteiger partial charge < -0.3 is 5.11 Å². The monoisotopic (exact) mass is 232 g/mol. The van der Waals surface area contributed by atoms with Gasteiger partial charge in [0.2, 0.25) is 0 Å². The summed E-state index contributed by atoms with van der Waals surface area (Å²) in [5.41, 5.74) is 2.94. The van der Waals surface area contributed by atoms with Gasteiger partial charge in [-0.25, -0.2) is 0 Å². The molecule has 1 nitrogen and oxygen atoms in total. The van der Waals surface area contributed by atoms with E-state index in [2.05, 4.69) is 38.1 Å². The minimum Gasteiger partial charge on any atom is -0.393 e. The minimum atomic E-state index is -0.122. The number of fused-ring (bicyclic) bond motifs is 1. The zero-order valence-electron chi connectivity index (χ0n) is 11.0. The standard InChI is InChI=1S/C16H24O/c1-3-6-12(2)16(17)15-10-9-13-7-4-5-8-14(13)11-15/h4-5,7-8,12,15-17H,3,6,9-11H2,1-2H3. The first-order valence-corrected chi connectivity index (χ1v) is 6.97. The molecule has 3 unspecified atom stereocenters. The Morgan fingerprint density at radius 3 is 2.71 bits per heavy atom. The van der Waals surface area contributed by atoms with Crippen molar-refractivity contribution < 1.29 is 5.11 Å². The molecule has 1 aliphatic rings. The molecule has 1 aromatic rings. The largest absolute Gasteiger partial charge is 0.393 e. The van der Waals surface area contributed by atoms with Gasteiger partial charge in [-0.2, -0.15) is 0 Å². The maximum absolute atomic E-state index is 10.4. The van der Waals surface area contributed by atoms with Crippen LogP contribution in [0.2, 0.25) is 0 Å². The average molecular weight is 232 g/mol. The molecule has 0 aliphatic heterocycles. The summed E-state index contributed by atoms with van der Waals surface area (Å²) in [6.45, 7) is 4.38. The normalized spacial score (nSPS) is 22.9. The van der Waals surface area contributed by atoms with Gasteiger partial charge in [0.25, 0.3) is 0 Å². The first-order chi connectivity index (χ1) is 8.22. The second-order valence-electron chi connectivity index (χ2n) is 5.53. The molecule has 0 fully saturated rings. The molecule has 94 valence electrons. The van der Waals surface area contributed by atoms with E-state index in [1.54, 1.807) is 0 Å². The summed E-state index contributed by atoms with van der Waals surface area (Å²) in [6.07, 6.45) is 5.53. The average Bonchev–Trinajstić information content (AvgIpc) is 2.37. The Bertz CT molecular complexity index is 358. The van der Waals surface area contributed by atoms with Crippen molar-refractivity contribution in [2.24, 2.45) is 11.8 Å². The number of aliphatic hydroxyl groups excluding tert-OH is 1. The van der Waals surface area contributed by atoms with E-state index in [9.17, 15) is 5.11 Å². The van der Waals surface area contributed by atoms with E-state index < -0.39 is 0 Å². The molecule has 0 radical (unpaired) electrons. The minimum absolute atomic E-state index is 0.122. The van der Waals surface area contributed by atoms with E-state index in [0.29, 0.717) is 11.8 Å². The van der Waals surface area contributed by atoms with Crippen LogP contribution in [0.15, 0.2) is 24.3 Å². The predicted molar refractivity (Wildman–Crippen MR) is 72.0 cm³/mol. The molecule has 2 rings (SSSR count). The van der Waals surface area contributed by atoms with Crippen LogP contribution < -0.4 is 0 Å². The van der Waals surface area contributed by atoms with Crippen LogP contribution in [0.5, 0.6) is 0 Å². The zero-order valence-corrected chi connectivity index (χ0v) is 11.0. The highest BCUT2D eigenvalue weighted by atomic mass is 16.3. The Balaban J connectivity index is 2.02. The molecule has 0 bridgehead atoms. The molecular weight excluding hydrogens is 208 g/mol. The van der Waals surface area contributed by atoms with Crippen LogP contribution in [0.4, 0.5) is 0 Å². The number of hydrogen-bond acceptors (Lipinski definition) is 1. The number of benzene rings is 1. The van der Waals surface area contributed by atoms with E-state index in [0.717, 1.165) is 25.7 Å². The van der Waals surface area contributed by atoms with Crippen molar-refractivity contribution in [1.82, 2.24) is 0 Å². The Labute approximate surface area is 105 Å². The molecule has 0 aromatic heterocycles. The van der Waals surface area contributed by atoms with E-state index in [1.165, 1.54) is 17.5 Å². The molecule has 1 aromatic carbocycles. The van der Waals surface area contributed by atoms with E-state index in [1.807, 2.05) is 0 Å². The Morgan fingerprint density at radius 1 is 1.29 bits per heavy atom. The molecule has 0 heterocycles. The third-order valence-corrected chi connectivity index (χ3v) is 4.19. The molecule has 0 spiro atoms. The van der Waals surface area contributed by atoms with Gasteiger partial charge in [-0.15, -0.1) is 0 Å². The summed E-state index contributed by atoms with van der Waals surface area (Å²) in [5.74, 6) is 0.904. The molecule has 17 heavy (non-hydrogen) atoms. The third-order valence-electron chi connectivity index (χ3n) is 4.19. The third kappa shape index (κ3) is 2.90. The maximum Gasteiger partial charge on any atom is 0.0597 e. The zero-order chi connectivity index (χ0) is 12.3. The summed E-state index contributed by atoms with van der Waals surface area (Å²) in [7, 11) is 0. The van der Waals surface area contributed by atoms with Gasteiger partial charge in [-0.1, -0.05) is 44.5 Å². The second kappa shape index (κ2) is 5.68. The molecule has 1 heteroatoms. The van der Waals surface area contributed by atoms with Crippen LogP contribution >= 0.6 is 0 Å². The summed E-state index contributed by atoms with van der Waals surface area (Å²) < 4.78 is 0. The molecule has 0 amide bonds. The number of aryl methyl sites for hydroxylation is 1. The van der Waals surface area contributed by atoms with Crippen molar-refractivity contribution in [3.05, 3.63) is 35.4 Å². The van der Waals surface area contributed by atoms with Crippen molar-refractivity contribution in [3.63, 3.8) is 0 Å². The fourth-order valence-corrected chi connectivity index (χ4v) is 3.11. The van der Waals surface area contributed by atoms with Crippen LogP contribution in [0, 0.1) is 11.8 Å². The highest BCUT2D eigenvalue weighted by molar-refractivity contribution is 5.29. The van der Waals surface area contributed by atoms with Crippen LogP contribution in [-0.2, 0) is 12.8 Å². The van der Waals surface area contributed by atoms with Crippen LogP contribution in [0.25, 0.3) is 0 Å². The first-order valence-electron chi connectivity index (χ1n) is 6.97. The summed E-state index contributed by atoms with van der Waals surface area (Å²) in [4.78, 5) is 0. The quantitative estimate of drug-likeness (QED) is 0.841. The highest BCUT2D eigenvalue weighted by Gasteiger charge is 2.27. The fraction of sp³-hybridized carbons (Fsp3) is 0.625. The van der Waals surface area contributed by atoms with Gasteiger partial charge in [-0.05, 0) is 48.6 Å². The van der Waals surface area contributed by atoms with Gasteiger partial charge in [-0.3, -0.25) is 0 Å². The van der Waals surface area contributed by atoms with E-state index in [-0.39, 0.29) is 6.10 Å². The van der Waals surface area contributed by atoms with Crippen molar-refractivity contribution in [2.45, 2.75) is 52.1 Å². The van der Waals surface area contributed by atoms with Gasteiger partial charge >= 0.3 is 0 Å². The van der Waals surface area contributed by atoms with Gasteiger partial charge in [0.05, 0.1) is 6.10 Å². The van der Waals surface area contributed by atoms with Gasteiger partial charge in [0.1, 0.15) is 0 Å². The van der Waals surface area contributed by atoms with Crippen LogP contribution in [0.3, 0.4) is 0 Å². The maximum atomic E-state index is 10.4. The van der Waals surface area contributed by atoms with Gasteiger partial charge in [0.15, 0.2) is 0 Å². The lowest BCUT2D eigenvalue weighted by molar-refractivity contribution is 0.0471. The topological polar surface area (TPSA) is 20.2 Å². The Kier molecular flexibility index (Phi) is 4.22. The van der Waals surface area contributed by atoms with Crippen LogP contribution in [-0.4, -0.2) is 11.2 Å². The summed E-state index contributed by atoms with van der Waals surface area (Å²) in [6, 6.07) is 8.68. The molecule has 0 saturated carbocycles. The van der Waals surface area contributed by atoms with E-state index >= 15 is 0 Å². The predicted octanol–water partition coefficient (Wildman–Crippen LogP) is 3.59. The molecule has 1 aliphatic carbocycles. The number of hydrogen-bond donors (Lipinski definition) is 1. The SMILES string of the molecule is CCCC(C)C(O)C1CCc2ccccc2C1. The highest BCUT2D eigenvalue weighted by Crippen LogP contribution is 2.30. The summed E-state index contributed by atoms with van der Waals surface area (Å²) >= 11 is 0. The first kappa shape index (κ1) is 12.6. The van der Waals surface area contributed by atoms with Gasteiger partial charge in [0, 0.05) is 0 Å². The lowest BCUT2D eigenvalue weighted by atomic mass is 9.77. The van der Waals surface area contributed by atoms with Crippen LogP contribution in [0.1, 0.15) is 44.2 Å². The summed E-state index contributed by atoms with van der Waals surface area (Å²) in [5, 5.41) is 10.4. The Hall–Kier alpha value is -0.820. The lowest BCUT2D eigenvalue weighted by Crippen LogP contribution is -2.31. The molecule has 0 saturated heterocycles. The van der Waals surface area contributed by atoms with Crippen molar-refractivity contribution >= 4 is 0 Å². The lowest BCUT2D eigenvalue weighted by Gasteiger charge is -2.31. The Morgan fingerprint density at radius 2 is 2.00 bits per heavy atom. The van der Waals surface area contributed by atoms with Crippen molar-refractivity contribution in [1.29, 1.82) is 0 Å². The number of aliphatic hydroxyl groups is 1. The van der Waals surface area contributed by atoms with Crippen molar-refractivity contribution in [3.8, 4) is 0 Å². The smallest absolute Gasteiger partial charge is 0.0597 e. The van der Waals surface area contributed by atoms with Crippen molar-refractivity contribution in [2.75, 3.05) is 0 Å². The second-order valence-corrected chi connectivity index (χ2v) is 5.53.